The highest BCUT2D eigenvalue weighted by molar-refractivity contribution is 7.99. The Labute approximate surface area is 125 Å². The molecule has 0 bridgehead atoms. The lowest BCUT2D eigenvalue weighted by molar-refractivity contribution is -0.120. The molecule has 1 saturated carbocycles. The van der Waals surface area contributed by atoms with Crippen molar-refractivity contribution in [3.63, 3.8) is 0 Å². The lowest BCUT2D eigenvalue weighted by Crippen LogP contribution is -2.31. The molecule has 1 aliphatic carbocycles. The molecule has 0 spiro atoms. The quantitative estimate of drug-likeness (QED) is 0.760. The zero-order valence-electron chi connectivity index (χ0n) is 11.8. The molecule has 2 unspecified atom stereocenters. The summed E-state index contributed by atoms with van der Waals surface area (Å²) in [5, 5.41) is 12.3. The van der Waals surface area contributed by atoms with Gasteiger partial charge in [0.15, 0.2) is 0 Å². The molecule has 2 atom stereocenters. The highest BCUT2D eigenvalue weighted by Crippen LogP contribution is 2.30. The molecule has 110 valence electrons. The molecule has 1 amide bonds. The summed E-state index contributed by atoms with van der Waals surface area (Å²) in [6, 6.07) is 10.1. The largest absolute Gasteiger partial charge is 0.396 e. The van der Waals surface area contributed by atoms with Crippen molar-refractivity contribution in [2.75, 3.05) is 18.9 Å². The van der Waals surface area contributed by atoms with Crippen LogP contribution < -0.4 is 5.32 Å². The Kier molecular flexibility index (Phi) is 6.40. The molecule has 0 radical (unpaired) electrons. The minimum absolute atomic E-state index is 0.122. The molecule has 4 heteroatoms. The van der Waals surface area contributed by atoms with Gasteiger partial charge in [0.2, 0.25) is 5.91 Å². The SMILES string of the molecule is O=C(CCSc1ccccc1)NCC1CCCC1CO. The fourth-order valence-electron chi connectivity index (χ4n) is 2.73. The minimum Gasteiger partial charge on any atom is -0.396 e. The molecule has 2 N–H and O–H groups in total. The lowest BCUT2D eigenvalue weighted by Gasteiger charge is -2.17. The van der Waals surface area contributed by atoms with Crippen molar-refractivity contribution in [2.45, 2.75) is 30.6 Å². The summed E-state index contributed by atoms with van der Waals surface area (Å²) in [5.74, 6) is 1.78. The van der Waals surface area contributed by atoms with Crippen LogP contribution in [0.3, 0.4) is 0 Å². The Morgan fingerprint density at radius 1 is 1.25 bits per heavy atom. The number of aliphatic hydroxyl groups excluding tert-OH is 1. The number of rotatable bonds is 7. The van der Waals surface area contributed by atoms with Gasteiger partial charge in [-0.3, -0.25) is 4.79 Å². The molecule has 0 aromatic heterocycles. The van der Waals surface area contributed by atoms with Crippen LogP contribution in [0, 0.1) is 11.8 Å². The first-order chi connectivity index (χ1) is 9.79. The third-order valence-corrected chi connectivity index (χ3v) is 4.97. The summed E-state index contributed by atoms with van der Waals surface area (Å²) < 4.78 is 0. The van der Waals surface area contributed by atoms with Gasteiger partial charge in [-0.15, -0.1) is 11.8 Å². The van der Waals surface area contributed by atoms with Gasteiger partial charge in [0.1, 0.15) is 0 Å². The zero-order valence-corrected chi connectivity index (χ0v) is 12.6. The van der Waals surface area contributed by atoms with Crippen LogP contribution in [0.4, 0.5) is 0 Å². The molecule has 2 rings (SSSR count). The van der Waals surface area contributed by atoms with Crippen molar-refractivity contribution >= 4 is 17.7 Å². The molecule has 1 aromatic rings. The molecule has 1 aliphatic rings. The number of hydrogen-bond donors (Lipinski definition) is 2. The number of amides is 1. The first-order valence-corrected chi connectivity index (χ1v) is 8.33. The van der Waals surface area contributed by atoms with Crippen LogP contribution in [-0.4, -0.2) is 29.9 Å². The van der Waals surface area contributed by atoms with Crippen molar-refractivity contribution in [1.29, 1.82) is 0 Å². The van der Waals surface area contributed by atoms with Crippen LogP contribution in [0.1, 0.15) is 25.7 Å². The molecule has 0 heterocycles. The van der Waals surface area contributed by atoms with E-state index >= 15 is 0 Å². The second-order valence-electron chi connectivity index (χ2n) is 5.35. The van der Waals surface area contributed by atoms with E-state index in [1.54, 1.807) is 11.8 Å². The second kappa shape index (κ2) is 8.32. The van der Waals surface area contributed by atoms with E-state index in [1.165, 1.54) is 11.3 Å². The number of aliphatic hydroxyl groups is 1. The maximum absolute atomic E-state index is 11.8. The van der Waals surface area contributed by atoms with E-state index in [2.05, 4.69) is 17.4 Å². The molecule has 1 aromatic carbocycles. The maximum atomic E-state index is 11.8. The Hall–Kier alpha value is -1.00. The molecular formula is C16H23NO2S. The number of benzene rings is 1. The molecule has 20 heavy (non-hydrogen) atoms. The van der Waals surface area contributed by atoms with Crippen molar-refractivity contribution in [2.24, 2.45) is 11.8 Å². The molecule has 0 saturated heterocycles. The zero-order chi connectivity index (χ0) is 14.2. The summed E-state index contributed by atoms with van der Waals surface area (Å²) in [4.78, 5) is 13.0. The highest BCUT2D eigenvalue weighted by Gasteiger charge is 2.26. The first kappa shape index (κ1) is 15.4. The summed E-state index contributed by atoms with van der Waals surface area (Å²) >= 11 is 1.71. The third kappa shape index (κ3) is 4.84. The van der Waals surface area contributed by atoms with Crippen molar-refractivity contribution < 1.29 is 9.90 Å². The number of hydrogen-bond acceptors (Lipinski definition) is 3. The summed E-state index contributed by atoms with van der Waals surface area (Å²) in [7, 11) is 0. The van der Waals surface area contributed by atoms with Gasteiger partial charge in [0.25, 0.3) is 0 Å². The van der Waals surface area contributed by atoms with Crippen molar-refractivity contribution in [3.05, 3.63) is 30.3 Å². The summed E-state index contributed by atoms with van der Waals surface area (Å²) in [6.07, 6.45) is 3.96. The monoisotopic (exact) mass is 293 g/mol. The molecule has 0 aliphatic heterocycles. The van der Waals surface area contributed by atoms with E-state index < -0.39 is 0 Å². The smallest absolute Gasteiger partial charge is 0.220 e. The Morgan fingerprint density at radius 2 is 2.00 bits per heavy atom. The average Bonchev–Trinajstić information content (AvgIpc) is 2.94. The molecule has 3 nitrogen and oxygen atoms in total. The topological polar surface area (TPSA) is 49.3 Å². The Bertz CT molecular complexity index is 410. The number of nitrogens with one attached hydrogen (secondary N) is 1. The Morgan fingerprint density at radius 3 is 2.75 bits per heavy atom. The molecule has 1 fully saturated rings. The van der Waals surface area contributed by atoms with Crippen LogP contribution in [0.15, 0.2) is 35.2 Å². The van der Waals surface area contributed by atoms with Gasteiger partial charge in [-0.1, -0.05) is 24.6 Å². The first-order valence-electron chi connectivity index (χ1n) is 7.35. The third-order valence-electron chi connectivity index (χ3n) is 3.95. The molecular weight excluding hydrogens is 270 g/mol. The van der Waals surface area contributed by atoms with Gasteiger partial charge >= 0.3 is 0 Å². The minimum atomic E-state index is 0.122. The predicted octanol–water partition coefficient (Wildman–Crippen LogP) is 2.69. The van der Waals surface area contributed by atoms with Gasteiger partial charge in [-0.05, 0) is 36.8 Å². The number of carbonyl (C=O) groups is 1. The van der Waals surface area contributed by atoms with Gasteiger partial charge in [-0.2, -0.15) is 0 Å². The normalized spacial score (nSPS) is 21.9. The summed E-state index contributed by atoms with van der Waals surface area (Å²) in [5.41, 5.74) is 0. The average molecular weight is 293 g/mol. The van der Waals surface area contributed by atoms with E-state index in [-0.39, 0.29) is 12.5 Å². The van der Waals surface area contributed by atoms with E-state index in [0.29, 0.717) is 18.3 Å². The second-order valence-corrected chi connectivity index (χ2v) is 6.52. The maximum Gasteiger partial charge on any atom is 0.220 e. The van der Waals surface area contributed by atoms with Crippen LogP contribution >= 0.6 is 11.8 Å². The van der Waals surface area contributed by atoms with Gasteiger partial charge in [0.05, 0.1) is 0 Å². The van der Waals surface area contributed by atoms with E-state index in [9.17, 15) is 9.90 Å². The van der Waals surface area contributed by atoms with Crippen molar-refractivity contribution in [3.8, 4) is 0 Å². The predicted molar refractivity (Wildman–Crippen MR) is 82.7 cm³/mol. The van der Waals surface area contributed by atoms with Gasteiger partial charge in [-0.25, -0.2) is 0 Å². The fourth-order valence-corrected chi connectivity index (χ4v) is 3.61. The van der Waals surface area contributed by atoms with E-state index in [4.69, 9.17) is 0 Å². The summed E-state index contributed by atoms with van der Waals surface area (Å²) in [6.45, 7) is 0.977. The van der Waals surface area contributed by atoms with Crippen LogP contribution in [-0.2, 0) is 4.79 Å². The highest BCUT2D eigenvalue weighted by atomic mass is 32.2. The number of carbonyl (C=O) groups excluding carboxylic acids is 1. The van der Waals surface area contributed by atoms with Crippen LogP contribution in [0.5, 0.6) is 0 Å². The fraction of sp³-hybridized carbons (Fsp3) is 0.562. The van der Waals surface area contributed by atoms with Gasteiger partial charge in [0, 0.05) is 30.2 Å². The number of thioether (sulfide) groups is 1. The van der Waals surface area contributed by atoms with Crippen molar-refractivity contribution in [1.82, 2.24) is 5.32 Å². The van der Waals surface area contributed by atoms with Crippen LogP contribution in [0.2, 0.25) is 0 Å². The standard InChI is InChI=1S/C16H23NO2S/c18-12-14-6-4-5-13(14)11-17-16(19)9-10-20-15-7-2-1-3-8-15/h1-3,7-8,13-14,18H,4-6,9-12H2,(H,17,19). The van der Waals surface area contributed by atoms with E-state index in [0.717, 1.165) is 25.1 Å². The van der Waals surface area contributed by atoms with E-state index in [1.807, 2.05) is 18.2 Å². The van der Waals surface area contributed by atoms with Crippen LogP contribution in [0.25, 0.3) is 0 Å². The Balaban J connectivity index is 1.61. The lowest BCUT2D eigenvalue weighted by atomic mass is 9.97. The van der Waals surface area contributed by atoms with Gasteiger partial charge < -0.3 is 10.4 Å².